The number of rotatable bonds is 5. The number of hydrogen-bond donors (Lipinski definition) is 1. The third kappa shape index (κ3) is 4.30. The molecule has 186 valence electrons. The van der Waals surface area contributed by atoms with Gasteiger partial charge in [0.05, 0.1) is 17.4 Å². The molecular weight excluding hydrogens is 470 g/mol. The van der Waals surface area contributed by atoms with Gasteiger partial charge in [-0.2, -0.15) is 27.1 Å². The summed E-state index contributed by atoms with van der Waals surface area (Å²) in [6, 6.07) is 5.99. The van der Waals surface area contributed by atoms with Crippen molar-refractivity contribution in [3.8, 4) is 17.0 Å². The van der Waals surface area contributed by atoms with Crippen LogP contribution in [0.3, 0.4) is 0 Å². The summed E-state index contributed by atoms with van der Waals surface area (Å²) in [4.78, 5) is 11.8. The molecule has 8 nitrogen and oxygen atoms in total. The molecule has 36 heavy (non-hydrogen) atoms. The molecule has 1 spiro atoms. The summed E-state index contributed by atoms with van der Waals surface area (Å²) in [7, 11) is 0. The molecule has 4 aromatic rings. The van der Waals surface area contributed by atoms with Crippen LogP contribution in [0.4, 0.5) is 5.95 Å². The smallest absolute Gasteiger partial charge is 0.225 e. The Morgan fingerprint density at radius 1 is 1.08 bits per heavy atom. The number of nitrogens with zero attached hydrogens (tertiary/aromatic N) is 6. The zero-order valence-corrected chi connectivity index (χ0v) is 21.8. The standard InChI is InChI=1S/C27H31N7OS/c1-17-13-30-31-18(2)24(17)19(3)35-21-4-5-23-22(12-21)25(33-32-23)20-14-28-26(29-15-20)34-9-6-27(7-10-34)8-11-36-16-27/h4-5,12-15,19H,6-11,16H2,1-3H3,(H,32,33)/t19-/m0/s1. The Morgan fingerprint density at radius 3 is 2.61 bits per heavy atom. The molecule has 0 saturated carbocycles. The van der Waals surface area contributed by atoms with E-state index < -0.39 is 0 Å². The van der Waals surface area contributed by atoms with Gasteiger partial charge in [0.25, 0.3) is 0 Å². The van der Waals surface area contributed by atoms with E-state index in [-0.39, 0.29) is 6.10 Å². The maximum absolute atomic E-state index is 6.32. The monoisotopic (exact) mass is 501 g/mol. The van der Waals surface area contributed by atoms with Crippen LogP contribution < -0.4 is 9.64 Å². The molecule has 2 aliphatic heterocycles. The molecule has 2 fully saturated rings. The van der Waals surface area contributed by atoms with Crippen molar-refractivity contribution in [2.24, 2.45) is 5.41 Å². The van der Waals surface area contributed by atoms with E-state index in [1.807, 2.05) is 51.4 Å². The van der Waals surface area contributed by atoms with Gasteiger partial charge in [-0.05, 0) is 80.7 Å². The van der Waals surface area contributed by atoms with Gasteiger partial charge in [-0.1, -0.05) is 0 Å². The highest BCUT2D eigenvalue weighted by Gasteiger charge is 2.38. The first-order valence-corrected chi connectivity index (χ1v) is 13.8. The zero-order chi connectivity index (χ0) is 24.7. The van der Waals surface area contributed by atoms with Gasteiger partial charge in [-0.25, -0.2) is 9.97 Å². The lowest BCUT2D eigenvalue weighted by atomic mass is 9.78. The van der Waals surface area contributed by atoms with Gasteiger partial charge in [0, 0.05) is 42.0 Å². The summed E-state index contributed by atoms with van der Waals surface area (Å²) >= 11 is 2.11. The van der Waals surface area contributed by atoms with Crippen molar-refractivity contribution in [3.05, 3.63) is 53.6 Å². The minimum Gasteiger partial charge on any atom is -0.486 e. The fourth-order valence-electron chi connectivity index (χ4n) is 5.61. The molecule has 0 bridgehead atoms. The molecule has 9 heteroatoms. The maximum Gasteiger partial charge on any atom is 0.225 e. The quantitative estimate of drug-likeness (QED) is 0.394. The number of H-pyrrole nitrogens is 1. The number of aromatic nitrogens is 6. The lowest BCUT2D eigenvalue weighted by Gasteiger charge is -2.38. The second kappa shape index (κ2) is 9.35. The van der Waals surface area contributed by atoms with Gasteiger partial charge in [0.1, 0.15) is 17.5 Å². The molecule has 3 aromatic heterocycles. The lowest BCUT2D eigenvalue weighted by Crippen LogP contribution is -2.40. The molecule has 0 amide bonds. The largest absolute Gasteiger partial charge is 0.486 e. The predicted molar refractivity (Wildman–Crippen MR) is 143 cm³/mol. The zero-order valence-electron chi connectivity index (χ0n) is 21.0. The normalized spacial score (nSPS) is 18.1. The van der Waals surface area contributed by atoms with Crippen LogP contribution in [0.5, 0.6) is 5.75 Å². The third-order valence-corrected chi connectivity index (χ3v) is 9.04. The van der Waals surface area contributed by atoms with Crippen molar-refractivity contribution >= 4 is 28.6 Å². The summed E-state index contributed by atoms with van der Waals surface area (Å²) in [5, 5.41) is 16.9. The molecule has 1 N–H and O–H groups in total. The SMILES string of the molecule is Cc1cnnc(C)c1[C@H](C)Oc1ccc2[nH]nc(-c3cnc(N4CCC5(CCSC5)CC4)nc3)c2c1. The second-order valence-electron chi connectivity index (χ2n) is 10.1. The maximum atomic E-state index is 6.32. The van der Waals surface area contributed by atoms with E-state index in [1.54, 1.807) is 6.20 Å². The van der Waals surface area contributed by atoms with Gasteiger partial charge in [-0.15, -0.1) is 0 Å². The van der Waals surface area contributed by atoms with E-state index in [1.165, 1.54) is 30.8 Å². The van der Waals surface area contributed by atoms with Gasteiger partial charge in [-0.3, -0.25) is 5.10 Å². The highest BCUT2D eigenvalue weighted by Crippen LogP contribution is 2.44. The van der Waals surface area contributed by atoms with Crippen molar-refractivity contribution in [2.45, 2.75) is 46.1 Å². The number of piperidine rings is 1. The van der Waals surface area contributed by atoms with Gasteiger partial charge < -0.3 is 9.64 Å². The van der Waals surface area contributed by atoms with Crippen molar-refractivity contribution < 1.29 is 4.74 Å². The van der Waals surface area contributed by atoms with Crippen LogP contribution in [-0.4, -0.2) is 55.0 Å². The van der Waals surface area contributed by atoms with Crippen LogP contribution in [0.15, 0.2) is 36.8 Å². The molecule has 0 unspecified atom stereocenters. The molecule has 1 atom stereocenters. The number of anilines is 1. The molecule has 2 saturated heterocycles. The Balaban J connectivity index is 1.21. The van der Waals surface area contributed by atoms with Crippen LogP contribution in [0.1, 0.15) is 49.1 Å². The summed E-state index contributed by atoms with van der Waals surface area (Å²) in [5.74, 6) is 4.22. The topological polar surface area (TPSA) is 92.7 Å². The van der Waals surface area contributed by atoms with E-state index >= 15 is 0 Å². The van der Waals surface area contributed by atoms with Gasteiger partial charge in [0.15, 0.2) is 0 Å². The second-order valence-corrected chi connectivity index (χ2v) is 11.2. The average molecular weight is 502 g/mol. The van der Waals surface area contributed by atoms with E-state index in [2.05, 4.69) is 37.1 Å². The van der Waals surface area contributed by atoms with Gasteiger partial charge in [0.2, 0.25) is 5.95 Å². The van der Waals surface area contributed by atoms with Crippen LogP contribution >= 0.6 is 11.8 Å². The number of benzene rings is 1. The summed E-state index contributed by atoms with van der Waals surface area (Å²) < 4.78 is 6.32. The first kappa shape index (κ1) is 23.2. The van der Waals surface area contributed by atoms with Crippen LogP contribution in [0.2, 0.25) is 0 Å². The fourth-order valence-corrected chi connectivity index (χ4v) is 7.19. The predicted octanol–water partition coefficient (Wildman–Crippen LogP) is 5.29. The molecule has 1 aromatic carbocycles. The molecule has 5 heterocycles. The van der Waals surface area contributed by atoms with Crippen molar-refractivity contribution in [3.63, 3.8) is 0 Å². The third-order valence-electron chi connectivity index (χ3n) is 7.73. The first-order valence-electron chi connectivity index (χ1n) is 12.6. The summed E-state index contributed by atoms with van der Waals surface area (Å²) in [6.07, 6.45) is 9.25. The van der Waals surface area contributed by atoms with Crippen LogP contribution in [0, 0.1) is 19.3 Å². The summed E-state index contributed by atoms with van der Waals surface area (Å²) in [6.45, 7) is 8.11. The number of thioether (sulfide) groups is 1. The van der Waals surface area contributed by atoms with Crippen molar-refractivity contribution in [2.75, 3.05) is 29.5 Å². The van der Waals surface area contributed by atoms with E-state index in [0.29, 0.717) is 5.41 Å². The number of fused-ring (bicyclic) bond motifs is 1. The minimum atomic E-state index is -0.151. The number of aromatic amines is 1. The van der Waals surface area contributed by atoms with E-state index in [4.69, 9.17) is 14.7 Å². The van der Waals surface area contributed by atoms with Crippen LogP contribution in [-0.2, 0) is 0 Å². The molecular formula is C27H31N7OS. The Hall–Kier alpha value is -3.20. The fraction of sp³-hybridized carbons (Fsp3) is 0.444. The average Bonchev–Trinajstić information content (AvgIpc) is 3.52. The highest BCUT2D eigenvalue weighted by atomic mass is 32.2. The van der Waals surface area contributed by atoms with Crippen molar-refractivity contribution in [1.29, 1.82) is 0 Å². The number of ether oxygens (including phenoxy) is 1. The number of aryl methyl sites for hydroxylation is 2. The Labute approximate surface area is 215 Å². The molecule has 0 radical (unpaired) electrons. The van der Waals surface area contributed by atoms with E-state index in [0.717, 1.165) is 63.8 Å². The Kier molecular flexibility index (Phi) is 6.03. The molecule has 0 aliphatic carbocycles. The van der Waals surface area contributed by atoms with Gasteiger partial charge >= 0.3 is 0 Å². The number of hydrogen-bond acceptors (Lipinski definition) is 8. The molecule has 6 rings (SSSR count). The lowest BCUT2D eigenvalue weighted by molar-refractivity contribution is 0.225. The molecule has 2 aliphatic rings. The first-order chi connectivity index (χ1) is 17.5. The van der Waals surface area contributed by atoms with Crippen LogP contribution in [0.25, 0.3) is 22.2 Å². The Bertz CT molecular complexity index is 1350. The van der Waals surface area contributed by atoms with Crippen molar-refractivity contribution in [1.82, 2.24) is 30.4 Å². The van der Waals surface area contributed by atoms with E-state index in [9.17, 15) is 0 Å². The Morgan fingerprint density at radius 2 is 1.89 bits per heavy atom. The minimum absolute atomic E-state index is 0.151. The summed E-state index contributed by atoms with van der Waals surface area (Å²) in [5.41, 5.74) is 6.24. The highest BCUT2D eigenvalue weighted by molar-refractivity contribution is 7.99. The number of nitrogens with one attached hydrogen (secondary N) is 1.